The first-order valence-electron chi connectivity index (χ1n) is 10.2. The lowest BCUT2D eigenvalue weighted by Gasteiger charge is -2.29. The average Bonchev–Trinajstić information content (AvgIpc) is 3.29. The van der Waals surface area contributed by atoms with Crippen LogP contribution in [0.15, 0.2) is 78.9 Å². The van der Waals surface area contributed by atoms with Gasteiger partial charge in [0.05, 0.1) is 11.3 Å². The molecule has 1 amide bonds. The number of carbonyl (C=O) groups is 1. The predicted molar refractivity (Wildman–Crippen MR) is 119 cm³/mol. The second-order valence-electron chi connectivity index (χ2n) is 7.60. The minimum Gasteiger partial charge on any atom is -0.399 e. The quantitative estimate of drug-likeness (QED) is 0.625. The second-order valence-corrected chi connectivity index (χ2v) is 7.60. The van der Waals surface area contributed by atoms with Gasteiger partial charge in [-0.3, -0.25) is 4.79 Å². The molecule has 4 rings (SSSR count). The van der Waals surface area contributed by atoms with E-state index >= 15 is 0 Å². The van der Waals surface area contributed by atoms with E-state index in [4.69, 9.17) is 5.73 Å². The lowest BCUT2D eigenvalue weighted by molar-refractivity contribution is 0.0793. The van der Waals surface area contributed by atoms with Crippen LogP contribution in [0.1, 0.15) is 34.3 Å². The topological polar surface area (TPSA) is 49.6 Å². The summed E-state index contributed by atoms with van der Waals surface area (Å²) >= 11 is 0. The van der Waals surface area contributed by atoms with Gasteiger partial charge in [0.1, 0.15) is 0 Å². The molecule has 0 saturated carbocycles. The summed E-state index contributed by atoms with van der Waals surface area (Å²) in [6.07, 6.45) is 2.14. The van der Waals surface area contributed by atoms with Crippen LogP contribution in [0, 0.1) is 0 Å². The minimum atomic E-state index is 0.0796. The van der Waals surface area contributed by atoms with Crippen LogP contribution in [-0.2, 0) is 13.1 Å². The van der Waals surface area contributed by atoms with Crippen molar-refractivity contribution in [1.82, 2.24) is 4.90 Å². The van der Waals surface area contributed by atoms with E-state index in [0.717, 1.165) is 44.7 Å². The SMILES string of the molecule is Nc1ccc(N(Cc2ccccc2)Cc2ccccc2)c(C(=O)N2CCCC2)c1. The number of carbonyl (C=O) groups excluding carboxylic acids is 1. The number of nitrogen functional groups attached to an aromatic ring is 1. The number of likely N-dealkylation sites (tertiary alicyclic amines) is 1. The third-order valence-corrected chi connectivity index (χ3v) is 5.42. The fourth-order valence-corrected chi connectivity index (χ4v) is 3.93. The fraction of sp³-hybridized carbons (Fsp3) is 0.240. The average molecular weight is 386 g/mol. The van der Waals surface area contributed by atoms with Gasteiger partial charge in [-0.25, -0.2) is 0 Å². The van der Waals surface area contributed by atoms with E-state index in [2.05, 4.69) is 53.4 Å². The van der Waals surface area contributed by atoms with Gasteiger partial charge in [-0.05, 0) is 42.2 Å². The molecule has 1 heterocycles. The van der Waals surface area contributed by atoms with Crippen molar-refractivity contribution in [1.29, 1.82) is 0 Å². The van der Waals surface area contributed by atoms with Gasteiger partial charge in [0.25, 0.3) is 5.91 Å². The Kier molecular flexibility index (Phi) is 5.80. The molecule has 4 nitrogen and oxygen atoms in total. The molecule has 1 fully saturated rings. The van der Waals surface area contributed by atoms with Gasteiger partial charge in [0, 0.05) is 31.9 Å². The maximum atomic E-state index is 13.3. The molecule has 3 aromatic rings. The summed E-state index contributed by atoms with van der Waals surface area (Å²) in [6.45, 7) is 3.09. The summed E-state index contributed by atoms with van der Waals surface area (Å²) in [5.41, 5.74) is 10.7. The normalized spacial score (nSPS) is 13.4. The van der Waals surface area contributed by atoms with Gasteiger partial charge in [-0.2, -0.15) is 0 Å². The molecule has 1 aliphatic heterocycles. The molecule has 0 aromatic heterocycles. The van der Waals surface area contributed by atoms with Gasteiger partial charge in [-0.15, -0.1) is 0 Å². The van der Waals surface area contributed by atoms with Crippen LogP contribution in [0.25, 0.3) is 0 Å². The zero-order valence-corrected chi connectivity index (χ0v) is 16.6. The first-order chi connectivity index (χ1) is 14.2. The number of benzene rings is 3. The maximum Gasteiger partial charge on any atom is 0.256 e. The summed E-state index contributed by atoms with van der Waals surface area (Å²) in [5, 5.41) is 0. The maximum absolute atomic E-state index is 13.3. The van der Waals surface area contributed by atoms with Crippen LogP contribution < -0.4 is 10.6 Å². The summed E-state index contributed by atoms with van der Waals surface area (Å²) < 4.78 is 0. The van der Waals surface area contributed by atoms with Gasteiger partial charge in [0.2, 0.25) is 0 Å². The Morgan fingerprint density at radius 1 is 0.828 bits per heavy atom. The number of amides is 1. The van der Waals surface area contributed by atoms with Gasteiger partial charge >= 0.3 is 0 Å². The fourth-order valence-electron chi connectivity index (χ4n) is 3.93. The van der Waals surface area contributed by atoms with Gasteiger partial charge in [0.15, 0.2) is 0 Å². The van der Waals surface area contributed by atoms with Crippen molar-refractivity contribution in [3.63, 3.8) is 0 Å². The van der Waals surface area contributed by atoms with Crippen molar-refractivity contribution < 1.29 is 4.79 Å². The zero-order valence-electron chi connectivity index (χ0n) is 16.6. The number of hydrogen-bond acceptors (Lipinski definition) is 3. The lowest BCUT2D eigenvalue weighted by Crippen LogP contribution is -2.31. The van der Waals surface area contributed by atoms with Crippen molar-refractivity contribution >= 4 is 17.3 Å². The molecule has 0 atom stereocenters. The third kappa shape index (κ3) is 4.60. The molecule has 1 saturated heterocycles. The first kappa shape index (κ1) is 19.1. The van der Waals surface area contributed by atoms with E-state index < -0.39 is 0 Å². The first-order valence-corrected chi connectivity index (χ1v) is 10.2. The molecule has 0 unspecified atom stereocenters. The Morgan fingerprint density at radius 3 is 1.93 bits per heavy atom. The van der Waals surface area contributed by atoms with Crippen molar-refractivity contribution in [2.75, 3.05) is 23.7 Å². The van der Waals surface area contributed by atoms with Crippen molar-refractivity contribution in [2.24, 2.45) is 0 Å². The Labute approximate surface area is 172 Å². The Hall–Kier alpha value is -3.27. The van der Waals surface area contributed by atoms with Crippen molar-refractivity contribution in [2.45, 2.75) is 25.9 Å². The smallest absolute Gasteiger partial charge is 0.256 e. The van der Waals surface area contributed by atoms with E-state index in [9.17, 15) is 4.79 Å². The van der Waals surface area contributed by atoms with E-state index in [0.29, 0.717) is 11.3 Å². The molecular formula is C25H27N3O. The van der Waals surface area contributed by atoms with Crippen LogP contribution in [0.3, 0.4) is 0 Å². The van der Waals surface area contributed by atoms with Crippen LogP contribution in [0.4, 0.5) is 11.4 Å². The summed E-state index contributed by atoms with van der Waals surface area (Å²) in [4.78, 5) is 17.5. The Bertz CT molecular complexity index is 909. The highest BCUT2D eigenvalue weighted by Crippen LogP contribution is 2.29. The zero-order chi connectivity index (χ0) is 20.1. The highest BCUT2D eigenvalue weighted by atomic mass is 16.2. The minimum absolute atomic E-state index is 0.0796. The Balaban J connectivity index is 1.72. The number of hydrogen-bond donors (Lipinski definition) is 1. The van der Waals surface area contributed by atoms with E-state index in [1.165, 1.54) is 11.1 Å². The Morgan fingerprint density at radius 2 is 1.38 bits per heavy atom. The van der Waals surface area contributed by atoms with Crippen molar-refractivity contribution in [3.8, 4) is 0 Å². The standard InChI is InChI=1S/C25H27N3O/c26-22-13-14-24(23(17-22)25(29)27-15-7-8-16-27)28(18-20-9-3-1-4-10-20)19-21-11-5-2-6-12-21/h1-6,9-14,17H,7-8,15-16,18-19,26H2. The monoisotopic (exact) mass is 385 g/mol. The predicted octanol–water partition coefficient (Wildman–Crippen LogP) is 4.71. The van der Waals surface area contributed by atoms with E-state index in [1.807, 2.05) is 35.2 Å². The number of rotatable bonds is 6. The number of nitrogens with two attached hydrogens (primary N) is 1. The van der Waals surface area contributed by atoms with Crippen LogP contribution in [0.5, 0.6) is 0 Å². The van der Waals surface area contributed by atoms with Gasteiger partial charge < -0.3 is 15.5 Å². The van der Waals surface area contributed by atoms with Crippen LogP contribution in [0.2, 0.25) is 0 Å². The molecule has 0 radical (unpaired) electrons. The molecule has 3 aromatic carbocycles. The third-order valence-electron chi connectivity index (χ3n) is 5.42. The summed E-state index contributed by atoms with van der Waals surface area (Å²) in [6, 6.07) is 26.5. The van der Waals surface area contributed by atoms with Crippen LogP contribution >= 0.6 is 0 Å². The summed E-state index contributed by atoms with van der Waals surface area (Å²) in [5.74, 6) is 0.0796. The molecule has 0 aliphatic carbocycles. The molecule has 29 heavy (non-hydrogen) atoms. The number of nitrogens with zero attached hydrogens (tertiary/aromatic N) is 2. The van der Waals surface area contributed by atoms with E-state index in [-0.39, 0.29) is 5.91 Å². The summed E-state index contributed by atoms with van der Waals surface area (Å²) in [7, 11) is 0. The van der Waals surface area contributed by atoms with Gasteiger partial charge in [-0.1, -0.05) is 60.7 Å². The highest BCUT2D eigenvalue weighted by molar-refractivity contribution is 6.00. The van der Waals surface area contributed by atoms with Crippen molar-refractivity contribution in [3.05, 3.63) is 95.6 Å². The molecule has 1 aliphatic rings. The molecular weight excluding hydrogens is 358 g/mol. The number of anilines is 2. The second kappa shape index (κ2) is 8.82. The lowest BCUT2D eigenvalue weighted by atomic mass is 10.1. The largest absolute Gasteiger partial charge is 0.399 e. The molecule has 4 heteroatoms. The van der Waals surface area contributed by atoms with Crippen LogP contribution in [-0.4, -0.2) is 23.9 Å². The molecule has 0 bridgehead atoms. The molecule has 0 spiro atoms. The molecule has 148 valence electrons. The molecule has 2 N–H and O–H groups in total. The van der Waals surface area contributed by atoms with E-state index in [1.54, 1.807) is 0 Å². The highest BCUT2D eigenvalue weighted by Gasteiger charge is 2.24.